The van der Waals surface area contributed by atoms with Gasteiger partial charge in [0, 0.05) is 30.9 Å². The van der Waals surface area contributed by atoms with Crippen LogP contribution in [0.2, 0.25) is 0 Å². The smallest absolute Gasteiger partial charge is 0.328 e. The van der Waals surface area contributed by atoms with Gasteiger partial charge in [-0.25, -0.2) is 4.79 Å². The quantitative estimate of drug-likeness (QED) is 0.799. The lowest BCUT2D eigenvalue weighted by Crippen LogP contribution is -2.37. The Balaban J connectivity index is 1.85. The Morgan fingerprint density at radius 1 is 1.25 bits per heavy atom. The largest absolute Gasteiger partial charge is 0.390 e. The first-order valence-corrected chi connectivity index (χ1v) is 7.30. The molecule has 20 heavy (non-hydrogen) atoms. The molecule has 1 aromatic rings. The fourth-order valence-electron chi connectivity index (χ4n) is 3.47. The zero-order chi connectivity index (χ0) is 14.3. The van der Waals surface area contributed by atoms with E-state index in [9.17, 15) is 14.7 Å². The van der Waals surface area contributed by atoms with Crippen molar-refractivity contribution in [3.63, 3.8) is 0 Å². The molecule has 6 nitrogen and oxygen atoms in total. The van der Waals surface area contributed by atoms with Gasteiger partial charge in [-0.2, -0.15) is 0 Å². The first-order chi connectivity index (χ1) is 9.56. The number of aliphatic hydroxyl groups excluding tert-OH is 1. The third-order valence-corrected chi connectivity index (χ3v) is 4.63. The van der Waals surface area contributed by atoms with Gasteiger partial charge in [0.2, 0.25) is 0 Å². The van der Waals surface area contributed by atoms with Gasteiger partial charge >= 0.3 is 5.69 Å². The first-order valence-electron chi connectivity index (χ1n) is 7.30. The van der Waals surface area contributed by atoms with Crippen LogP contribution in [-0.4, -0.2) is 44.8 Å². The van der Waals surface area contributed by atoms with Gasteiger partial charge in [0.25, 0.3) is 5.56 Å². The summed E-state index contributed by atoms with van der Waals surface area (Å²) in [5.41, 5.74) is -0.291. The lowest BCUT2D eigenvalue weighted by molar-refractivity contribution is 0.137. The molecule has 2 N–H and O–H groups in total. The fourth-order valence-corrected chi connectivity index (χ4v) is 3.47. The Labute approximate surface area is 117 Å². The zero-order valence-electron chi connectivity index (χ0n) is 11.7. The lowest BCUT2D eigenvalue weighted by atomic mass is 10.2. The van der Waals surface area contributed by atoms with Gasteiger partial charge in [-0.05, 0) is 19.8 Å². The third-order valence-electron chi connectivity index (χ3n) is 4.63. The minimum Gasteiger partial charge on any atom is -0.390 e. The van der Waals surface area contributed by atoms with Gasteiger partial charge in [0.15, 0.2) is 0 Å². The summed E-state index contributed by atoms with van der Waals surface area (Å²) >= 11 is 0. The van der Waals surface area contributed by atoms with Crippen molar-refractivity contribution in [1.82, 2.24) is 14.5 Å². The summed E-state index contributed by atoms with van der Waals surface area (Å²) in [5, 5.41) is 10.3. The fraction of sp³-hybridized carbons (Fsp3) is 0.714. The summed E-state index contributed by atoms with van der Waals surface area (Å²) in [4.78, 5) is 27.9. The summed E-state index contributed by atoms with van der Waals surface area (Å²) in [6.07, 6.45) is 5.86. The molecule has 2 aliphatic rings. The van der Waals surface area contributed by atoms with Crippen LogP contribution < -0.4 is 11.2 Å². The van der Waals surface area contributed by atoms with E-state index in [-0.39, 0.29) is 11.6 Å². The maximum absolute atomic E-state index is 11.9. The highest BCUT2D eigenvalue weighted by molar-refractivity contribution is 5.04. The van der Waals surface area contributed by atoms with Crippen molar-refractivity contribution in [2.75, 3.05) is 13.1 Å². The number of aromatic amines is 1. The molecular formula is C14H21N3O3. The van der Waals surface area contributed by atoms with E-state index in [1.807, 2.05) is 0 Å². The van der Waals surface area contributed by atoms with E-state index in [0.717, 1.165) is 0 Å². The van der Waals surface area contributed by atoms with Gasteiger partial charge in [-0.3, -0.25) is 19.2 Å². The molecule has 2 atom stereocenters. The molecule has 2 heterocycles. The highest BCUT2D eigenvalue weighted by Crippen LogP contribution is 2.30. The summed E-state index contributed by atoms with van der Waals surface area (Å²) in [7, 11) is 0. The molecule has 0 spiro atoms. The second kappa shape index (κ2) is 5.18. The molecule has 1 aliphatic carbocycles. The highest BCUT2D eigenvalue weighted by Gasteiger charge is 2.37. The number of β-amino-alcohol motifs (C(OH)–C–C–N with tert-alkyl or cyclic N) is 1. The summed E-state index contributed by atoms with van der Waals surface area (Å²) < 4.78 is 1.48. The minimum absolute atomic E-state index is 0.265. The Morgan fingerprint density at radius 2 is 1.95 bits per heavy atom. The molecule has 0 radical (unpaired) electrons. The minimum atomic E-state index is -0.557. The van der Waals surface area contributed by atoms with Crippen molar-refractivity contribution < 1.29 is 5.11 Å². The van der Waals surface area contributed by atoms with Crippen LogP contribution in [0.3, 0.4) is 0 Å². The molecule has 0 aromatic carbocycles. The number of hydrogen-bond acceptors (Lipinski definition) is 4. The Hall–Kier alpha value is -1.40. The molecule has 1 saturated carbocycles. The normalized spacial score (nSPS) is 28.3. The molecule has 0 amide bonds. The molecule has 0 unspecified atom stereocenters. The number of hydrogen-bond donors (Lipinski definition) is 2. The maximum atomic E-state index is 11.9. The maximum Gasteiger partial charge on any atom is 0.328 e. The SMILES string of the molecule is Cc1cn([C@H]2CN(C3CCCC3)C[C@@H]2O)c(=O)[nH]c1=O. The van der Waals surface area contributed by atoms with Crippen LogP contribution in [0, 0.1) is 6.92 Å². The van der Waals surface area contributed by atoms with Crippen molar-refractivity contribution in [2.24, 2.45) is 0 Å². The Bertz CT molecular complexity index is 600. The van der Waals surface area contributed by atoms with Crippen LogP contribution in [0.25, 0.3) is 0 Å². The summed E-state index contributed by atoms with van der Waals surface area (Å²) in [6.45, 7) is 2.96. The van der Waals surface area contributed by atoms with Crippen LogP contribution >= 0.6 is 0 Å². The molecule has 3 rings (SSSR count). The van der Waals surface area contributed by atoms with E-state index >= 15 is 0 Å². The zero-order valence-corrected chi connectivity index (χ0v) is 11.7. The van der Waals surface area contributed by atoms with Crippen LogP contribution in [0.1, 0.15) is 37.3 Å². The Kier molecular flexibility index (Phi) is 3.52. The van der Waals surface area contributed by atoms with Crippen LogP contribution in [-0.2, 0) is 0 Å². The number of H-pyrrole nitrogens is 1. The lowest BCUT2D eigenvalue weighted by Gasteiger charge is -2.23. The number of aryl methyl sites for hydroxylation is 1. The average molecular weight is 279 g/mol. The van der Waals surface area contributed by atoms with E-state index < -0.39 is 11.8 Å². The first kappa shape index (κ1) is 13.6. The molecule has 0 bridgehead atoms. The molecule has 1 saturated heterocycles. The van der Waals surface area contributed by atoms with Crippen LogP contribution in [0.4, 0.5) is 0 Å². The monoisotopic (exact) mass is 279 g/mol. The number of likely N-dealkylation sites (tertiary alicyclic amines) is 1. The van der Waals surface area contributed by atoms with Gasteiger partial charge < -0.3 is 5.11 Å². The second-order valence-electron chi connectivity index (χ2n) is 6.01. The Morgan fingerprint density at radius 3 is 2.65 bits per heavy atom. The molecule has 1 aromatic heterocycles. The van der Waals surface area contributed by atoms with E-state index in [2.05, 4.69) is 9.88 Å². The highest BCUT2D eigenvalue weighted by atomic mass is 16.3. The molecule has 6 heteroatoms. The molecular weight excluding hydrogens is 258 g/mol. The van der Waals surface area contributed by atoms with Crippen molar-refractivity contribution in [3.05, 3.63) is 32.6 Å². The van der Waals surface area contributed by atoms with Gasteiger partial charge in [0.05, 0.1) is 12.1 Å². The second-order valence-corrected chi connectivity index (χ2v) is 6.01. The van der Waals surface area contributed by atoms with Crippen molar-refractivity contribution >= 4 is 0 Å². The van der Waals surface area contributed by atoms with Crippen molar-refractivity contribution in [1.29, 1.82) is 0 Å². The molecule has 110 valence electrons. The van der Waals surface area contributed by atoms with Crippen molar-refractivity contribution in [3.8, 4) is 0 Å². The number of rotatable bonds is 2. The van der Waals surface area contributed by atoms with Gasteiger partial charge in [-0.15, -0.1) is 0 Å². The van der Waals surface area contributed by atoms with E-state index in [1.54, 1.807) is 13.1 Å². The number of nitrogens with one attached hydrogen (secondary N) is 1. The standard InChI is InChI=1S/C14H21N3O3/c1-9-6-17(14(20)15-13(9)19)11-7-16(8-12(11)18)10-4-2-3-5-10/h6,10-12,18H,2-5,7-8H2,1H3,(H,15,19,20)/t11-,12-/m0/s1. The number of aromatic nitrogens is 2. The average Bonchev–Trinajstić information content (AvgIpc) is 3.03. The number of nitrogens with zero attached hydrogens (tertiary/aromatic N) is 2. The molecule has 2 fully saturated rings. The third kappa shape index (κ3) is 2.33. The van der Waals surface area contributed by atoms with Gasteiger partial charge in [-0.1, -0.05) is 12.8 Å². The van der Waals surface area contributed by atoms with E-state index in [1.165, 1.54) is 30.3 Å². The predicted molar refractivity (Wildman–Crippen MR) is 74.9 cm³/mol. The van der Waals surface area contributed by atoms with E-state index in [4.69, 9.17) is 0 Å². The van der Waals surface area contributed by atoms with Gasteiger partial charge in [0.1, 0.15) is 0 Å². The van der Waals surface area contributed by atoms with Crippen molar-refractivity contribution in [2.45, 2.75) is 50.8 Å². The number of aliphatic hydroxyl groups is 1. The summed E-state index contributed by atoms with van der Waals surface area (Å²) in [5.74, 6) is 0. The summed E-state index contributed by atoms with van der Waals surface area (Å²) in [6, 6.07) is 0.271. The van der Waals surface area contributed by atoms with Crippen LogP contribution in [0.5, 0.6) is 0 Å². The van der Waals surface area contributed by atoms with Crippen LogP contribution in [0.15, 0.2) is 15.8 Å². The molecule has 1 aliphatic heterocycles. The van der Waals surface area contributed by atoms with E-state index in [0.29, 0.717) is 24.7 Å². The predicted octanol–water partition coefficient (Wildman–Crippen LogP) is 0.00522. The topological polar surface area (TPSA) is 78.3 Å².